The fourth-order valence-electron chi connectivity index (χ4n) is 0.928. The molecule has 0 aromatic heterocycles. The van der Waals surface area contributed by atoms with Crippen LogP contribution in [0.5, 0.6) is 0 Å². The van der Waals surface area contributed by atoms with Crippen molar-refractivity contribution in [3.05, 3.63) is 34.6 Å². The van der Waals surface area contributed by atoms with Crippen LogP contribution >= 0.6 is 11.6 Å². The molecule has 4 nitrogen and oxygen atoms in total. The molecule has 1 aromatic carbocycles. The van der Waals surface area contributed by atoms with Crippen LogP contribution in [0.1, 0.15) is 5.56 Å². The lowest BCUT2D eigenvalue weighted by molar-refractivity contribution is -0.137. The SMILES string of the molecule is NC(=O)C(=O)NCc1ccc(Cl)cc1F. The van der Waals surface area contributed by atoms with E-state index >= 15 is 0 Å². The molecule has 0 fully saturated rings. The van der Waals surface area contributed by atoms with Crippen LogP contribution in [-0.2, 0) is 16.1 Å². The molecule has 0 atom stereocenters. The zero-order valence-corrected chi connectivity index (χ0v) is 8.34. The number of carbonyl (C=O) groups excluding carboxylic acids is 2. The third-order valence-corrected chi connectivity index (χ3v) is 1.91. The van der Waals surface area contributed by atoms with E-state index in [4.69, 9.17) is 17.3 Å². The van der Waals surface area contributed by atoms with Crippen molar-refractivity contribution in [2.75, 3.05) is 0 Å². The summed E-state index contributed by atoms with van der Waals surface area (Å²) in [5.74, 6) is -2.61. The highest BCUT2D eigenvalue weighted by molar-refractivity contribution is 6.34. The van der Waals surface area contributed by atoms with Crippen LogP contribution in [0.3, 0.4) is 0 Å². The number of benzene rings is 1. The number of halogens is 2. The number of hydrogen-bond acceptors (Lipinski definition) is 2. The van der Waals surface area contributed by atoms with Crippen LogP contribution in [0.15, 0.2) is 18.2 Å². The summed E-state index contributed by atoms with van der Waals surface area (Å²) in [6.45, 7) is -0.106. The van der Waals surface area contributed by atoms with Gasteiger partial charge >= 0.3 is 11.8 Å². The van der Waals surface area contributed by atoms with E-state index in [2.05, 4.69) is 5.32 Å². The molecule has 1 aromatic rings. The summed E-state index contributed by atoms with van der Waals surface area (Å²) >= 11 is 5.53. The lowest BCUT2D eigenvalue weighted by Crippen LogP contribution is -2.35. The Morgan fingerprint density at radius 3 is 2.67 bits per heavy atom. The van der Waals surface area contributed by atoms with Crippen molar-refractivity contribution in [1.29, 1.82) is 0 Å². The van der Waals surface area contributed by atoms with Crippen LogP contribution in [0.25, 0.3) is 0 Å². The van der Waals surface area contributed by atoms with Gasteiger partial charge in [0.1, 0.15) is 5.82 Å². The fraction of sp³-hybridized carbons (Fsp3) is 0.111. The van der Waals surface area contributed by atoms with Crippen molar-refractivity contribution in [3.63, 3.8) is 0 Å². The fourth-order valence-corrected chi connectivity index (χ4v) is 1.09. The van der Waals surface area contributed by atoms with Crippen LogP contribution in [0, 0.1) is 5.82 Å². The van der Waals surface area contributed by atoms with Crippen molar-refractivity contribution >= 4 is 23.4 Å². The first-order valence-electron chi connectivity index (χ1n) is 4.02. The maximum Gasteiger partial charge on any atom is 0.309 e. The van der Waals surface area contributed by atoms with E-state index < -0.39 is 17.6 Å². The summed E-state index contributed by atoms with van der Waals surface area (Å²) in [5.41, 5.74) is 4.93. The summed E-state index contributed by atoms with van der Waals surface area (Å²) < 4.78 is 13.2. The molecule has 0 heterocycles. The smallest absolute Gasteiger partial charge is 0.309 e. The molecule has 2 amide bonds. The van der Waals surface area contributed by atoms with Gasteiger partial charge in [0.2, 0.25) is 0 Å². The number of nitrogens with one attached hydrogen (secondary N) is 1. The molecule has 0 saturated carbocycles. The molecule has 6 heteroatoms. The second-order valence-electron chi connectivity index (χ2n) is 2.78. The van der Waals surface area contributed by atoms with E-state index in [0.717, 1.165) is 6.07 Å². The molecule has 0 radical (unpaired) electrons. The van der Waals surface area contributed by atoms with E-state index in [1.807, 2.05) is 0 Å². The van der Waals surface area contributed by atoms with Gasteiger partial charge in [-0.05, 0) is 12.1 Å². The van der Waals surface area contributed by atoms with Crippen LogP contribution < -0.4 is 11.1 Å². The van der Waals surface area contributed by atoms with E-state index in [1.54, 1.807) is 0 Å². The van der Waals surface area contributed by atoms with E-state index in [1.165, 1.54) is 12.1 Å². The van der Waals surface area contributed by atoms with E-state index in [0.29, 0.717) is 0 Å². The number of hydrogen-bond donors (Lipinski definition) is 2. The second-order valence-corrected chi connectivity index (χ2v) is 3.22. The molecule has 80 valence electrons. The third kappa shape index (κ3) is 3.21. The molecule has 15 heavy (non-hydrogen) atoms. The normalized spacial score (nSPS) is 9.73. The standard InChI is InChI=1S/C9H8ClFN2O2/c10-6-2-1-5(7(11)3-6)4-13-9(15)8(12)14/h1-3H,4H2,(H2,12,14)(H,13,15). The van der Waals surface area contributed by atoms with Crippen molar-refractivity contribution in [3.8, 4) is 0 Å². The van der Waals surface area contributed by atoms with Gasteiger partial charge in [0.25, 0.3) is 0 Å². The van der Waals surface area contributed by atoms with Gasteiger partial charge in [-0.15, -0.1) is 0 Å². The lowest BCUT2D eigenvalue weighted by Gasteiger charge is -2.04. The van der Waals surface area contributed by atoms with Crippen LogP contribution in [-0.4, -0.2) is 11.8 Å². The number of amides is 2. The first-order valence-corrected chi connectivity index (χ1v) is 4.40. The quantitative estimate of drug-likeness (QED) is 0.730. The Balaban J connectivity index is 2.66. The molecule has 0 aliphatic carbocycles. The summed E-state index contributed by atoms with van der Waals surface area (Å²) in [7, 11) is 0. The Morgan fingerprint density at radius 1 is 1.47 bits per heavy atom. The minimum atomic E-state index is -1.11. The van der Waals surface area contributed by atoms with Gasteiger partial charge in [0, 0.05) is 17.1 Å². The Morgan fingerprint density at radius 2 is 2.13 bits per heavy atom. The molecular formula is C9H8ClFN2O2. The number of carbonyl (C=O) groups is 2. The maximum atomic E-state index is 13.2. The largest absolute Gasteiger partial charge is 0.361 e. The maximum absolute atomic E-state index is 13.2. The van der Waals surface area contributed by atoms with Crippen molar-refractivity contribution < 1.29 is 14.0 Å². The molecule has 0 saturated heterocycles. The molecule has 0 aliphatic heterocycles. The number of nitrogens with two attached hydrogens (primary N) is 1. The molecule has 0 unspecified atom stereocenters. The number of primary amides is 1. The second kappa shape index (κ2) is 4.75. The summed E-state index contributed by atoms with van der Waals surface area (Å²) in [6, 6.07) is 4.02. The first kappa shape index (κ1) is 11.5. The van der Waals surface area contributed by atoms with Gasteiger partial charge in [-0.2, -0.15) is 0 Å². The summed E-state index contributed by atoms with van der Waals surface area (Å²) in [6.07, 6.45) is 0. The van der Waals surface area contributed by atoms with Gasteiger partial charge in [-0.1, -0.05) is 17.7 Å². The van der Waals surface area contributed by atoms with Crippen LogP contribution in [0.4, 0.5) is 4.39 Å². The lowest BCUT2D eigenvalue weighted by atomic mass is 10.2. The molecule has 0 spiro atoms. The molecule has 1 rings (SSSR count). The Labute approximate surface area is 90.2 Å². The average Bonchev–Trinajstić information content (AvgIpc) is 2.15. The molecule has 3 N–H and O–H groups in total. The van der Waals surface area contributed by atoms with E-state index in [-0.39, 0.29) is 17.1 Å². The summed E-state index contributed by atoms with van der Waals surface area (Å²) in [4.78, 5) is 21.1. The highest BCUT2D eigenvalue weighted by Crippen LogP contribution is 2.14. The van der Waals surface area contributed by atoms with Crippen molar-refractivity contribution in [1.82, 2.24) is 5.32 Å². The minimum Gasteiger partial charge on any atom is -0.361 e. The zero-order chi connectivity index (χ0) is 11.4. The zero-order valence-electron chi connectivity index (χ0n) is 7.59. The van der Waals surface area contributed by atoms with Gasteiger partial charge in [0.05, 0.1) is 0 Å². The van der Waals surface area contributed by atoms with Gasteiger partial charge < -0.3 is 11.1 Å². The Kier molecular flexibility index (Phi) is 3.62. The predicted molar refractivity (Wildman–Crippen MR) is 52.5 cm³/mol. The molecule has 0 aliphatic rings. The monoisotopic (exact) mass is 230 g/mol. The Hall–Kier alpha value is -1.62. The first-order chi connectivity index (χ1) is 7.00. The molecule has 0 bridgehead atoms. The average molecular weight is 231 g/mol. The van der Waals surface area contributed by atoms with Crippen molar-refractivity contribution in [2.24, 2.45) is 5.73 Å². The third-order valence-electron chi connectivity index (χ3n) is 1.68. The molecular weight excluding hydrogens is 223 g/mol. The van der Waals surface area contributed by atoms with Crippen molar-refractivity contribution in [2.45, 2.75) is 6.54 Å². The number of rotatable bonds is 2. The Bertz CT molecular complexity index is 409. The minimum absolute atomic E-state index is 0.106. The van der Waals surface area contributed by atoms with Gasteiger partial charge in [-0.25, -0.2) is 4.39 Å². The van der Waals surface area contributed by atoms with Gasteiger partial charge in [0.15, 0.2) is 0 Å². The highest BCUT2D eigenvalue weighted by atomic mass is 35.5. The predicted octanol–water partition coefficient (Wildman–Crippen LogP) is 0.581. The van der Waals surface area contributed by atoms with E-state index in [9.17, 15) is 14.0 Å². The van der Waals surface area contributed by atoms with Crippen LogP contribution in [0.2, 0.25) is 5.02 Å². The van der Waals surface area contributed by atoms with Gasteiger partial charge in [-0.3, -0.25) is 9.59 Å². The topological polar surface area (TPSA) is 72.2 Å². The summed E-state index contributed by atoms with van der Waals surface area (Å²) in [5, 5.41) is 2.42. The highest BCUT2D eigenvalue weighted by Gasteiger charge is 2.09.